The molecule has 0 aliphatic carbocycles. The lowest BCUT2D eigenvalue weighted by molar-refractivity contribution is -0.114. The van der Waals surface area contributed by atoms with E-state index in [0.29, 0.717) is 12.5 Å². The van der Waals surface area contributed by atoms with Crippen LogP contribution in [-0.2, 0) is 27.1 Å². The van der Waals surface area contributed by atoms with E-state index in [1.165, 1.54) is 23.1 Å². The number of urea groups is 1. The lowest BCUT2D eigenvalue weighted by Gasteiger charge is -2.35. The first-order valence-corrected chi connectivity index (χ1v) is 15.8. The number of methoxy groups -OCH3 is 2. The molecule has 0 radical (unpaired) electrons. The molecule has 1 saturated heterocycles. The Morgan fingerprint density at radius 3 is 2.23 bits per heavy atom. The van der Waals surface area contributed by atoms with Crippen LogP contribution in [0.1, 0.15) is 79.9 Å². The SMILES string of the molecule is C/C=C\OC(C)C=O.CC.CC.CCN1C(=O)N2CCc3cccc(OC)c3C[C@@H](C)/C=C\2C1(C)CCN(C)C.COC. The van der Waals surface area contributed by atoms with Gasteiger partial charge >= 0.3 is 6.03 Å². The third-order valence-corrected chi connectivity index (χ3v) is 6.91. The van der Waals surface area contributed by atoms with Gasteiger partial charge in [-0.3, -0.25) is 9.69 Å². The van der Waals surface area contributed by atoms with E-state index in [1.807, 2.05) is 45.6 Å². The van der Waals surface area contributed by atoms with E-state index in [9.17, 15) is 9.59 Å². The summed E-state index contributed by atoms with van der Waals surface area (Å²) in [7, 11) is 9.18. The maximum Gasteiger partial charge on any atom is 0.325 e. The van der Waals surface area contributed by atoms with Crippen molar-refractivity contribution in [1.29, 1.82) is 0 Å². The molecule has 248 valence electrons. The number of ether oxygens (including phenoxy) is 3. The van der Waals surface area contributed by atoms with E-state index >= 15 is 0 Å². The largest absolute Gasteiger partial charge is 0.496 e. The van der Waals surface area contributed by atoms with Gasteiger partial charge in [-0.15, -0.1) is 0 Å². The number of hydrogen-bond acceptors (Lipinski definition) is 6. The Bertz CT molecular complexity index is 963. The summed E-state index contributed by atoms with van der Waals surface area (Å²) in [6.07, 6.45) is 8.73. The number of nitrogens with zero attached hydrogens (tertiary/aromatic N) is 3. The minimum atomic E-state index is -0.314. The van der Waals surface area contributed by atoms with E-state index in [4.69, 9.17) is 9.47 Å². The van der Waals surface area contributed by atoms with Crippen molar-refractivity contribution < 1.29 is 23.8 Å². The summed E-state index contributed by atoms with van der Waals surface area (Å²) in [4.78, 5) is 29.5. The van der Waals surface area contributed by atoms with E-state index in [0.717, 1.165) is 44.4 Å². The van der Waals surface area contributed by atoms with E-state index in [-0.39, 0.29) is 17.7 Å². The zero-order chi connectivity index (χ0) is 33.6. The molecule has 1 aromatic carbocycles. The predicted octanol–water partition coefficient (Wildman–Crippen LogP) is 7.22. The molecule has 43 heavy (non-hydrogen) atoms. The molecule has 2 unspecified atom stereocenters. The lowest BCUT2D eigenvalue weighted by Crippen LogP contribution is -2.45. The quantitative estimate of drug-likeness (QED) is 0.230. The summed E-state index contributed by atoms with van der Waals surface area (Å²) in [6.45, 7) is 20.5. The fraction of sp³-hybridized carbons (Fsp3) is 0.657. The first-order valence-electron chi connectivity index (χ1n) is 15.8. The molecule has 3 atom stereocenters. The number of rotatable bonds is 8. The van der Waals surface area contributed by atoms with Gasteiger partial charge in [-0.1, -0.05) is 58.9 Å². The summed E-state index contributed by atoms with van der Waals surface area (Å²) in [5.41, 5.74) is 3.50. The summed E-state index contributed by atoms with van der Waals surface area (Å²) < 4.78 is 14.7. The fourth-order valence-electron chi connectivity index (χ4n) is 4.95. The average molecular weight is 606 g/mol. The highest BCUT2D eigenvalue weighted by Gasteiger charge is 2.49. The molecule has 3 rings (SSSR count). The standard InChI is InChI=1S/C23H35N3O2.C6H10O2.C2H6O.2C2H6/c1-7-26-22(27)25-13-11-18-9-8-10-20(28-6)19(18)15-17(2)16-21(25)23(26,3)12-14-24(4)5;1-3-4-8-6(2)5-7;1-3-2;2*1-2/h8-10,16-17H,7,11-15H2,1-6H3;3-6H,1-2H3;1-2H3;2*1-2H3/b21-16-;4-3-;;;/t17-,23?;;;;/m1..../s1. The van der Waals surface area contributed by atoms with Crippen LogP contribution in [0.5, 0.6) is 5.75 Å². The van der Waals surface area contributed by atoms with Gasteiger partial charge in [0.25, 0.3) is 0 Å². The number of allylic oxidation sites excluding steroid dienone is 2. The maximum atomic E-state index is 13.3. The number of aldehydes is 1. The zero-order valence-electron chi connectivity index (χ0n) is 29.8. The van der Waals surface area contributed by atoms with Crippen LogP contribution in [-0.4, -0.2) is 93.7 Å². The molecule has 0 bridgehead atoms. The van der Waals surface area contributed by atoms with Crippen molar-refractivity contribution in [2.24, 2.45) is 5.92 Å². The number of carbonyl (C=O) groups is 2. The minimum absolute atomic E-state index is 0.147. The molecule has 8 nitrogen and oxygen atoms in total. The monoisotopic (exact) mass is 605 g/mol. The van der Waals surface area contributed by atoms with Crippen molar-refractivity contribution in [3.8, 4) is 5.75 Å². The van der Waals surface area contributed by atoms with Gasteiger partial charge in [-0.05, 0) is 84.2 Å². The number of likely N-dealkylation sites (N-methyl/N-ethyl adjacent to an activating group) is 1. The smallest absolute Gasteiger partial charge is 0.325 e. The summed E-state index contributed by atoms with van der Waals surface area (Å²) in [5.74, 6) is 1.29. The second-order valence-electron chi connectivity index (χ2n) is 10.4. The van der Waals surface area contributed by atoms with E-state index < -0.39 is 0 Å². The average Bonchev–Trinajstić information content (AvgIpc) is 3.25. The molecule has 0 N–H and O–H groups in total. The fourth-order valence-corrected chi connectivity index (χ4v) is 4.95. The van der Waals surface area contributed by atoms with Crippen molar-refractivity contribution in [2.45, 2.75) is 93.2 Å². The van der Waals surface area contributed by atoms with Crippen molar-refractivity contribution in [2.75, 3.05) is 55.1 Å². The molecule has 2 aliphatic heterocycles. The summed E-state index contributed by atoms with van der Waals surface area (Å²) >= 11 is 0. The van der Waals surface area contributed by atoms with Crippen LogP contribution in [0.2, 0.25) is 0 Å². The van der Waals surface area contributed by atoms with Gasteiger partial charge in [-0.2, -0.15) is 0 Å². The maximum absolute atomic E-state index is 13.3. The zero-order valence-corrected chi connectivity index (χ0v) is 29.8. The molecule has 0 saturated carbocycles. The first kappa shape index (κ1) is 42.3. The Kier molecular flexibility index (Phi) is 23.2. The number of fused-ring (bicyclic) bond motifs is 2. The first-order chi connectivity index (χ1) is 20.5. The Morgan fingerprint density at radius 2 is 1.74 bits per heavy atom. The molecule has 8 heteroatoms. The third kappa shape index (κ3) is 13.1. The Balaban J connectivity index is 0. The van der Waals surface area contributed by atoms with Gasteiger partial charge in [0.2, 0.25) is 0 Å². The van der Waals surface area contributed by atoms with Crippen molar-refractivity contribution in [3.05, 3.63) is 53.4 Å². The Hall–Kier alpha value is -2.84. The summed E-state index contributed by atoms with van der Waals surface area (Å²) in [5, 5.41) is 0. The molecular weight excluding hydrogens is 542 g/mol. The molecule has 2 amide bonds. The van der Waals surface area contributed by atoms with Gasteiger partial charge in [0.1, 0.15) is 11.9 Å². The van der Waals surface area contributed by atoms with Crippen LogP contribution >= 0.6 is 0 Å². The van der Waals surface area contributed by atoms with Crippen LogP contribution in [0.15, 0.2) is 42.3 Å². The number of carbonyl (C=O) groups excluding carboxylic acids is 2. The van der Waals surface area contributed by atoms with Gasteiger partial charge in [0, 0.05) is 39.6 Å². The topological polar surface area (TPSA) is 71.5 Å². The molecule has 2 aliphatic rings. The second kappa shape index (κ2) is 23.6. The molecule has 1 aromatic rings. The Labute approximate surface area is 264 Å². The van der Waals surface area contributed by atoms with Gasteiger partial charge in [-0.25, -0.2) is 4.79 Å². The third-order valence-electron chi connectivity index (χ3n) is 6.91. The molecule has 0 aromatic heterocycles. The predicted molar refractivity (Wildman–Crippen MR) is 181 cm³/mol. The normalized spacial score (nSPS) is 20.8. The number of benzene rings is 1. The highest BCUT2D eigenvalue weighted by Crippen LogP contribution is 2.41. The highest BCUT2D eigenvalue weighted by molar-refractivity contribution is 5.82. The van der Waals surface area contributed by atoms with Crippen molar-refractivity contribution in [1.82, 2.24) is 14.7 Å². The van der Waals surface area contributed by atoms with Crippen molar-refractivity contribution >= 4 is 12.3 Å². The van der Waals surface area contributed by atoms with Gasteiger partial charge in [0.15, 0.2) is 6.29 Å². The summed E-state index contributed by atoms with van der Waals surface area (Å²) in [6, 6.07) is 6.43. The van der Waals surface area contributed by atoms with E-state index in [1.54, 1.807) is 34.3 Å². The van der Waals surface area contributed by atoms with Crippen LogP contribution < -0.4 is 4.74 Å². The molecule has 2 heterocycles. The number of amides is 2. The van der Waals surface area contributed by atoms with Gasteiger partial charge in [0.05, 0.1) is 18.9 Å². The molecule has 0 spiro atoms. The lowest BCUT2D eigenvalue weighted by atomic mass is 9.88. The van der Waals surface area contributed by atoms with Crippen LogP contribution in [0, 0.1) is 5.92 Å². The highest BCUT2D eigenvalue weighted by atomic mass is 16.5. The molecular formula is C35H63N3O5. The minimum Gasteiger partial charge on any atom is -0.496 e. The van der Waals surface area contributed by atoms with E-state index in [2.05, 4.69) is 67.6 Å². The van der Waals surface area contributed by atoms with Crippen LogP contribution in [0.3, 0.4) is 0 Å². The number of hydrogen-bond donors (Lipinski definition) is 0. The van der Waals surface area contributed by atoms with Crippen LogP contribution in [0.25, 0.3) is 0 Å². The second-order valence-corrected chi connectivity index (χ2v) is 10.4. The Morgan fingerprint density at radius 1 is 1.14 bits per heavy atom. The van der Waals surface area contributed by atoms with Crippen molar-refractivity contribution in [3.63, 3.8) is 0 Å². The van der Waals surface area contributed by atoms with Crippen LogP contribution in [0.4, 0.5) is 4.79 Å². The molecule has 1 fully saturated rings. The van der Waals surface area contributed by atoms with Gasteiger partial charge < -0.3 is 24.0 Å².